The Labute approximate surface area is 96.3 Å². The van der Waals surface area contributed by atoms with E-state index in [-0.39, 0.29) is 0 Å². The van der Waals surface area contributed by atoms with Crippen molar-refractivity contribution in [3.63, 3.8) is 0 Å². The number of fused-ring (bicyclic) bond motifs is 1. The second-order valence-corrected chi connectivity index (χ2v) is 4.39. The molecule has 0 fully saturated rings. The number of aryl methyl sites for hydroxylation is 1. The summed E-state index contributed by atoms with van der Waals surface area (Å²) >= 11 is 0. The molecule has 1 aliphatic carbocycles. The van der Waals surface area contributed by atoms with Gasteiger partial charge in [0.15, 0.2) is 0 Å². The molecule has 0 nitrogen and oxygen atoms in total. The molecule has 3 rings (SSSR count). The minimum absolute atomic E-state index is 1.09. The number of allylic oxidation sites excluding steroid dienone is 1. The maximum atomic E-state index is 2.28. The summed E-state index contributed by atoms with van der Waals surface area (Å²) in [6.45, 7) is 2.12. The minimum Gasteiger partial charge on any atom is -0.0795 e. The van der Waals surface area contributed by atoms with Crippen molar-refractivity contribution in [2.45, 2.75) is 13.3 Å². The van der Waals surface area contributed by atoms with Gasteiger partial charge in [-0.15, -0.1) is 0 Å². The van der Waals surface area contributed by atoms with E-state index in [2.05, 4.69) is 61.5 Å². The lowest BCUT2D eigenvalue weighted by atomic mass is 10.00. The molecule has 78 valence electrons. The van der Waals surface area contributed by atoms with Crippen LogP contribution in [0.15, 0.2) is 48.5 Å². The van der Waals surface area contributed by atoms with Crippen molar-refractivity contribution >= 4 is 6.08 Å². The van der Waals surface area contributed by atoms with Gasteiger partial charge in [-0.1, -0.05) is 54.1 Å². The fraction of sp³-hybridized carbons (Fsp3) is 0.125. The molecule has 0 N–H and O–H groups in total. The Balaban J connectivity index is 2.07. The van der Waals surface area contributed by atoms with Crippen LogP contribution in [0.4, 0.5) is 0 Å². The second kappa shape index (κ2) is 3.64. The zero-order chi connectivity index (χ0) is 11.0. The van der Waals surface area contributed by atoms with Crippen LogP contribution in [0.25, 0.3) is 17.2 Å². The van der Waals surface area contributed by atoms with Crippen molar-refractivity contribution in [3.05, 3.63) is 65.2 Å². The van der Waals surface area contributed by atoms with Crippen LogP contribution in [0, 0.1) is 6.92 Å². The largest absolute Gasteiger partial charge is 0.0795 e. The first-order chi connectivity index (χ1) is 7.83. The number of hydrogen-bond acceptors (Lipinski definition) is 0. The molecule has 0 aliphatic heterocycles. The molecule has 2 aromatic carbocycles. The summed E-state index contributed by atoms with van der Waals surface area (Å²) in [6.07, 6.45) is 5.53. The highest BCUT2D eigenvalue weighted by Gasteiger charge is 2.06. The van der Waals surface area contributed by atoms with Crippen molar-refractivity contribution in [2.24, 2.45) is 0 Å². The van der Waals surface area contributed by atoms with E-state index in [0.29, 0.717) is 0 Å². The Kier molecular flexibility index (Phi) is 2.14. The maximum Gasteiger partial charge on any atom is -0.00882 e. The monoisotopic (exact) mass is 206 g/mol. The zero-order valence-corrected chi connectivity index (χ0v) is 9.40. The topological polar surface area (TPSA) is 0 Å². The van der Waals surface area contributed by atoms with Gasteiger partial charge >= 0.3 is 0 Å². The molecule has 0 atom stereocenters. The average molecular weight is 206 g/mol. The third kappa shape index (κ3) is 1.57. The van der Waals surface area contributed by atoms with Gasteiger partial charge in [-0.3, -0.25) is 0 Å². The molecular formula is C16H14. The van der Waals surface area contributed by atoms with Gasteiger partial charge in [-0.2, -0.15) is 0 Å². The molecule has 2 aromatic rings. The van der Waals surface area contributed by atoms with Crippen molar-refractivity contribution < 1.29 is 0 Å². The van der Waals surface area contributed by atoms with Crippen LogP contribution in [0.5, 0.6) is 0 Å². The van der Waals surface area contributed by atoms with Crippen LogP contribution >= 0.6 is 0 Å². The third-order valence-corrected chi connectivity index (χ3v) is 3.17. The van der Waals surface area contributed by atoms with Gasteiger partial charge in [-0.05, 0) is 41.7 Å². The Morgan fingerprint density at radius 3 is 2.44 bits per heavy atom. The van der Waals surface area contributed by atoms with Crippen LogP contribution in [0.1, 0.15) is 16.7 Å². The predicted molar refractivity (Wildman–Crippen MR) is 69.4 cm³/mol. The summed E-state index contributed by atoms with van der Waals surface area (Å²) in [6, 6.07) is 15.5. The summed E-state index contributed by atoms with van der Waals surface area (Å²) in [5, 5.41) is 0. The van der Waals surface area contributed by atoms with E-state index >= 15 is 0 Å². The van der Waals surface area contributed by atoms with Crippen LogP contribution < -0.4 is 0 Å². The van der Waals surface area contributed by atoms with Gasteiger partial charge in [0.05, 0.1) is 0 Å². The summed E-state index contributed by atoms with van der Waals surface area (Å²) in [5.41, 5.74) is 6.73. The maximum absolute atomic E-state index is 2.28. The Hall–Kier alpha value is -1.82. The van der Waals surface area contributed by atoms with Gasteiger partial charge in [0, 0.05) is 0 Å². The van der Waals surface area contributed by atoms with E-state index in [1.807, 2.05) is 0 Å². The predicted octanol–water partition coefficient (Wildman–Crippen LogP) is 4.23. The first-order valence-electron chi connectivity index (χ1n) is 5.69. The summed E-state index contributed by atoms with van der Waals surface area (Å²) in [7, 11) is 0. The lowest BCUT2D eigenvalue weighted by Crippen LogP contribution is -1.84. The normalized spacial score (nSPS) is 12.8. The quantitative estimate of drug-likeness (QED) is 0.655. The lowest BCUT2D eigenvalue weighted by Gasteiger charge is -2.05. The minimum atomic E-state index is 1.09. The smallest absolute Gasteiger partial charge is 0.00882 e. The van der Waals surface area contributed by atoms with E-state index < -0.39 is 0 Å². The standard InChI is InChI=1S/C16H14/c1-12-5-7-14(8-6-12)16-10-9-13-3-2-4-15(13)11-16/h2,4-11H,3H2,1H3. The number of hydrogen-bond donors (Lipinski definition) is 0. The van der Waals surface area contributed by atoms with E-state index in [9.17, 15) is 0 Å². The fourth-order valence-electron chi connectivity index (χ4n) is 2.17. The van der Waals surface area contributed by atoms with Crippen LogP contribution in [-0.2, 0) is 6.42 Å². The molecule has 0 heteroatoms. The van der Waals surface area contributed by atoms with E-state index in [0.717, 1.165) is 6.42 Å². The molecule has 0 radical (unpaired) electrons. The molecule has 0 saturated carbocycles. The Morgan fingerprint density at radius 1 is 0.875 bits per heavy atom. The Bertz CT molecular complexity index is 545. The molecule has 0 heterocycles. The van der Waals surface area contributed by atoms with Gasteiger partial charge in [-0.25, -0.2) is 0 Å². The number of benzene rings is 2. The van der Waals surface area contributed by atoms with Crippen molar-refractivity contribution in [2.75, 3.05) is 0 Å². The molecular weight excluding hydrogens is 192 g/mol. The van der Waals surface area contributed by atoms with E-state index in [1.165, 1.54) is 27.8 Å². The molecule has 0 aromatic heterocycles. The first-order valence-corrected chi connectivity index (χ1v) is 5.69. The molecule has 0 spiro atoms. The van der Waals surface area contributed by atoms with Crippen molar-refractivity contribution in [1.29, 1.82) is 0 Å². The fourth-order valence-corrected chi connectivity index (χ4v) is 2.17. The molecule has 0 amide bonds. The van der Waals surface area contributed by atoms with Crippen molar-refractivity contribution in [3.8, 4) is 11.1 Å². The van der Waals surface area contributed by atoms with E-state index in [1.54, 1.807) is 0 Å². The average Bonchev–Trinajstić information content (AvgIpc) is 2.77. The van der Waals surface area contributed by atoms with Crippen LogP contribution in [-0.4, -0.2) is 0 Å². The van der Waals surface area contributed by atoms with Gasteiger partial charge in [0.2, 0.25) is 0 Å². The van der Waals surface area contributed by atoms with Crippen LogP contribution in [0.2, 0.25) is 0 Å². The van der Waals surface area contributed by atoms with Gasteiger partial charge < -0.3 is 0 Å². The molecule has 0 bridgehead atoms. The van der Waals surface area contributed by atoms with Gasteiger partial charge in [0.1, 0.15) is 0 Å². The summed E-state index contributed by atoms with van der Waals surface area (Å²) in [5.74, 6) is 0. The van der Waals surface area contributed by atoms with Crippen molar-refractivity contribution in [1.82, 2.24) is 0 Å². The summed E-state index contributed by atoms with van der Waals surface area (Å²) in [4.78, 5) is 0. The second-order valence-electron chi connectivity index (χ2n) is 4.39. The highest BCUT2D eigenvalue weighted by Crippen LogP contribution is 2.26. The molecule has 0 saturated heterocycles. The van der Waals surface area contributed by atoms with Gasteiger partial charge in [0.25, 0.3) is 0 Å². The zero-order valence-electron chi connectivity index (χ0n) is 9.40. The highest BCUT2D eigenvalue weighted by atomic mass is 14.1. The highest BCUT2D eigenvalue weighted by molar-refractivity contribution is 5.71. The van der Waals surface area contributed by atoms with E-state index in [4.69, 9.17) is 0 Å². The summed E-state index contributed by atoms with van der Waals surface area (Å²) < 4.78 is 0. The lowest BCUT2D eigenvalue weighted by molar-refractivity contribution is 1.31. The number of rotatable bonds is 1. The third-order valence-electron chi connectivity index (χ3n) is 3.17. The molecule has 1 aliphatic rings. The molecule has 16 heavy (non-hydrogen) atoms. The SMILES string of the molecule is Cc1ccc(-c2ccc3c(c2)C=CC3)cc1. The molecule has 0 unspecified atom stereocenters. The first kappa shape index (κ1) is 9.41. The van der Waals surface area contributed by atoms with Crippen LogP contribution in [0.3, 0.4) is 0 Å². The Morgan fingerprint density at radius 2 is 1.62 bits per heavy atom.